The minimum atomic E-state index is -3.43. The van der Waals surface area contributed by atoms with Gasteiger partial charge in [0.15, 0.2) is 22.1 Å². The molecule has 6 atom stereocenters. The Kier molecular flexibility index (Phi) is 4.62. The van der Waals surface area contributed by atoms with Crippen LogP contribution in [0.15, 0.2) is 23.3 Å². The Bertz CT molecular complexity index is 1650. The lowest BCUT2D eigenvalue weighted by molar-refractivity contribution is -0.0629. The molecule has 0 unspecified atom stereocenters. The molecule has 2 aliphatic carbocycles. The van der Waals surface area contributed by atoms with E-state index in [-0.39, 0.29) is 52.5 Å². The van der Waals surface area contributed by atoms with Gasteiger partial charge in [0.2, 0.25) is 0 Å². The van der Waals surface area contributed by atoms with Crippen LogP contribution in [0.1, 0.15) is 63.0 Å². The van der Waals surface area contributed by atoms with Crippen LogP contribution < -0.4 is 5.32 Å². The number of nitrogens with one attached hydrogen (secondary N) is 1. The highest BCUT2D eigenvalue weighted by Gasteiger charge is 2.45. The van der Waals surface area contributed by atoms with Gasteiger partial charge in [0.1, 0.15) is 18.0 Å². The van der Waals surface area contributed by atoms with Gasteiger partial charge < -0.3 is 25.4 Å². The first-order chi connectivity index (χ1) is 21.1. The summed E-state index contributed by atoms with van der Waals surface area (Å²) in [5.41, 5.74) is -2.35. The Morgan fingerprint density at radius 1 is 1.33 bits per heavy atom. The monoisotopic (exact) mass is 528 g/mol. The zero-order valence-electron chi connectivity index (χ0n) is 29.3. The third-order valence-corrected chi connectivity index (χ3v) is 6.83. The van der Waals surface area contributed by atoms with Crippen LogP contribution in [0, 0.1) is 12.7 Å². The number of aliphatic hydroxyl groups excluding tert-OH is 2. The number of hydrogen-bond acceptors (Lipinski definition) is 10. The number of benzene rings is 1. The Morgan fingerprint density at radius 2 is 2.17 bits per heavy atom. The molecule has 0 amide bonds. The summed E-state index contributed by atoms with van der Waals surface area (Å²) in [5.74, 6) is -2.72. The average Bonchev–Trinajstić information content (AvgIpc) is 3.27. The molecule has 2 aromatic heterocycles. The standard InChI is InChI=1S/C24H31FN6O4S/c1-3-8-36-24-27-22(26-16-10-14(16)13-5-4-12(2)15(25)9-13)19-23(28-24)31(30-29-19)17-11-18(35-7-6-32)21(34)20(17)33/h4-5,9,14,16-18,20-21,32-34H,3,6-8,10-11H2,1-2H3,(H,26,27,28)/t14-,16+,17+,18-,20-,21+/m0/s1/i4D,5D,6D2,7D2,8D2,9D,14D. The van der Waals surface area contributed by atoms with Crippen LogP contribution >= 0.6 is 11.8 Å². The molecular formula is C24H31FN6O4S. The van der Waals surface area contributed by atoms with Gasteiger partial charge in [-0.15, -0.1) is 5.10 Å². The summed E-state index contributed by atoms with van der Waals surface area (Å²) in [6.07, 6.45) is -5.15. The van der Waals surface area contributed by atoms with Gasteiger partial charge in [0.05, 0.1) is 34.9 Å². The summed E-state index contributed by atoms with van der Waals surface area (Å²) in [6, 6.07) is -3.55. The summed E-state index contributed by atoms with van der Waals surface area (Å²) in [7, 11) is 0. The van der Waals surface area contributed by atoms with Crippen molar-refractivity contribution in [3.8, 4) is 0 Å². The van der Waals surface area contributed by atoms with Crippen molar-refractivity contribution in [3.63, 3.8) is 0 Å². The molecule has 0 bridgehead atoms. The van der Waals surface area contributed by atoms with E-state index in [1.807, 2.05) is 0 Å². The maximum Gasteiger partial charge on any atom is 0.191 e. The van der Waals surface area contributed by atoms with Gasteiger partial charge in [-0.3, -0.25) is 0 Å². The van der Waals surface area contributed by atoms with Gasteiger partial charge in [-0.2, -0.15) is 0 Å². The Hall–Kier alpha value is -2.38. The van der Waals surface area contributed by atoms with Gasteiger partial charge in [-0.1, -0.05) is 36.0 Å². The number of rotatable bonds is 10. The number of thioether (sulfide) groups is 1. The molecule has 194 valence electrons. The van der Waals surface area contributed by atoms with Crippen LogP contribution in [0.25, 0.3) is 11.2 Å². The van der Waals surface area contributed by atoms with Crippen molar-refractivity contribution in [2.24, 2.45) is 0 Å². The zero-order chi connectivity index (χ0) is 34.3. The number of nitrogens with zero attached hydrogens (tertiary/aromatic N) is 5. The van der Waals surface area contributed by atoms with Gasteiger partial charge in [-0.25, -0.2) is 19.0 Å². The lowest BCUT2D eigenvalue weighted by Gasteiger charge is -2.17. The Labute approximate surface area is 226 Å². The molecule has 2 fully saturated rings. The van der Waals surface area contributed by atoms with E-state index in [2.05, 4.69) is 25.6 Å². The van der Waals surface area contributed by atoms with E-state index < -0.39 is 79.1 Å². The fourth-order valence-corrected chi connectivity index (χ4v) is 4.63. The number of halogens is 1. The van der Waals surface area contributed by atoms with Gasteiger partial charge in [0.25, 0.3) is 0 Å². The minimum absolute atomic E-state index is 0.00249. The summed E-state index contributed by atoms with van der Waals surface area (Å²) < 4.78 is 101. The first-order valence-corrected chi connectivity index (χ1v) is 12.1. The minimum Gasteiger partial charge on any atom is -0.394 e. The van der Waals surface area contributed by atoms with E-state index in [0.717, 1.165) is 4.68 Å². The largest absolute Gasteiger partial charge is 0.394 e. The fourth-order valence-electron chi connectivity index (χ4n) is 4.09. The van der Waals surface area contributed by atoms with Crippen molar-refractivity contribution in [1.29, 1.82) is 0 Å². The lowest BCUT2D eigenvalue weighted by Crippen LogP contribution is -2.33. The van der Waals surface area contributed by atoms with E-state index in [1.165, 1.54) is 6.92 Å². The summed E-state index contributed by atoms with van der Waals surface area (Å²) in [4.78, 5) is 8.75. The second kappa shape index (κ2) is 10.5. The smallest absolute Gasteiger partial charge is 0.191 e. The van der Waals surface area contributed by atoms with Crippen molar-refractivity contribution in [1.82, 2.24) is 25.0 Å². The van der Waals surface area contributed by atoms with Crippen LogP contribution in [0.5, 0.6) is 0 Å². The zero-order valence-corrected chi connectivity index (χ0v) is 20.1. The molecule has 0 spiro atoms. The summed E-state index contributed by atoms with van der Waals surface area (Å²) >= 11 is 0.662. The molecule has 12 heteroatoms. The first-order valence-electron chi connectivity index (χ1n) is 16.2. The van der Waals surface area contributed by atoms with Gasteiger partial charge in [-0.05, 0) is 36.9 Å². The number of anilines is 1. The van der Waals surface area contributed by atoms with E-state index in [1.54, 1.807) is 6.92 Å². The van der Waals surface area contributed by atoms with E-state index in [0.29, 0.717) is 11.8 Å². The molecule has 4 N–H and O–H groups in total. The Balaban J connectivity index is 1.52. The molecule has 1 aromatic carbocycles. The van der Waals surface area contributed by atoms with Crippen molar-refractivity contribution in [3.05, 3.63) is 35.1 Å². The fraction of sp³-hybridized carbons (Fsp3) is 0.583. The van der Waals surface area contributed by atoms with Crippen LogP contribution in [0.2, 0.25) is 0 Å². The molecule has 2 heterocycles. The second-order valence-electron chi connectivity index (χ2n) is 8.43. The SMILES string of the molecule is [2H]c1c([2H])c([C@]2([2H])C[C@H]2Nc2nc(SC([2H])([2H])CC)nc3c2nnn3[C@@H]2C[C@H](OC([2H])([2H])C([2H])([2H])O)[C@@H](O)[C@H]2O)c([2H])c(F)c1C. The highest BCUT2D eigenvalue weighted by Crippen LogP contribution is 2.44. The molecule has 0 radical (unpaired) electrons. The van der Waals surface area contributed by atoms with Crippen molar-refractivity contribution < 1.29 is 38.2 Å². The topological polar surface area (TPSA) is 138 Å². The third kappa shape index (κ3) is 4.92. The molecule has 10 nitrogen and oxygen atoms in total. The number of aromatic nitrogens is 5. The normalized spacial score (nSPS) is 34.9. The van der Waals surface area contributed by atoms with E-state index >= 15 is 0 Å². The first kappa shape index (κ1) is 15.8. The quantitative estimate of drug-likeness (QED) is 0.229. The van der Waals surface area contributed by atoms with E-state index in [9.17, 15) is 19.7 Å². The lowest BCUT2D eigenvalue weighted by atomic mass is 10.1. The van der Waals surface area contributed by atoms with Crippen LogP contribution in [-0.2, 0) is 4.74 Å². The molecule has 36 heavy (non-hydrogen) atoms. The van der Waals surface area contributed by atoms with Crippen molar-refractivity contribution in [2.75, 3.05) is 24.1 Å². The van der Waals surface area contributed by atoms with E-state index in [4.69, 9.17) is 18.4 Å². The van der Waals surface area contributed by atoms with Crippen molar-refractivity contribution in [2.45, 2.75) is 74.6 Å². The van der Waals surface area contributed by atoms with Crippen LogP contribution in [-0.4, -0.2) is 83.5 Å². The molecule has 2 aliphatic rings. The van der Waals surface area contributed by atoms with Crippen LogP contribution in [0.3, 0.4) is 0 Å². The van der Waals surface area contributed by atoms with Gasteiger partial charge >= 0.3 is 0 Å². The molecule has 0 saturated heterocycles. The third-order valence-electron chi connectivity index (χ3n) is 6.04. The number of ether oxygens (including phenoxy) is 1. The number of aliphatic hydroxyl groups is 3. The molecule has 5 rings (SSSR count). The molecule has 3 aromatic rings. The highest BCUT2D eigenvalue weighted by atomic mass is 32.2. The predicted octanol–water partition coefficient (Wildman–Crippen LogP) is 2.18. The highest BCUT2D eigenvalue weighted by molar-refractivity contribution is 7.99. The summed E-state index contributed by atoms with van der Waals surface area (Å²) in [6.45, 7) is -3.80. The number of fused-ring (bicyclic) bond motifs is 1. The van der Waals surface area contributed by atoms with Crippen molar-refractivity contribution >= 4 is 28.7 Å². The number of hydrogen-bond donors (Lipinski definition) is 4. The second-order valence-corrected chi connectivity index (χ2v) is 9.29. The Morgan fingerprint density at radius 3 is 2.94 bits per heavy atom. The van der Waals surface area contributed by atoms with Crippen LogP contribution in [0.4, 0.5) is 10.2 Å². The maximum atomic E-state index is 14.7. The maximum absolute atomic E-state index is 14.7. The molecule has 2 saturated carbocycles. The predicted molar refractivity (Wildman–Crippen MR) is 133 cm³/mol. The molecular weight excluding hydrogens is 487 g/mol. The van der Waals surface area contributed by atoms with Gasteiger partial charge in [0, 0.05) is 28.2 Å². The summed E-state index contributed by atoms with van der Waals surface area (Å²) in [5, 5.41) is 42.0. The average molecular weight is 529 g/mol. The molecule has 0 aliphatic heterocycles.